The molecule has 0 rings (SSSR count). The van der Waals surface area contributed by atoms with Crippen LogP contribution in [0.1, 0.15) is 85.0 Å². The Hall–Kier alpha value is 0.716. The fourth-order valence-corrected chi connectivity index (χ4v) is 14.2. The molecule has 0 aromatic carbocycles. The van der Waals surface area contributed by atoms with E-state index < -0.39 is 29.2 Å². The van der Waals surface area contributed by atoms with Gasteiger partial charge in [0.1, 0.15) is 0 Å². The Balaban J connectivity index is 5.38. The van der Waals surface area contributed by atoms with E-state index in [1.54, 1.807) is 0 Å². The van der Waals surface area contributed by atoms with Gasteiger partial charge in [-0.25, -0.2) is 0 Å². The van der Waals surface area contributed by atoms with E-state index in [2.05, 4.69) is 46.5 Å². The second-order valence-electron chi connectivity index (χ2n) is 8.10. The summed E-state index contributed by atoms with van der Waals surface area (Å²) in [6.07, 6.45) is 16.0. The molecule has 0 heterocycles. The monoisotopic (exact) mass is 446 g/mol. The number of unbranched alkanes of at least 4 members (excludes halogenated alkanes) is 3. The minimum absolute atomic E-state index is 0.319. The number of hydrogen-bond donors (Lipinski definition) is 1. The predicted molar refractivity (Wildman–Crippen MR) is 110 cm³/mol. The Morgan fingerprint density at radius 1 is 0.913 bits per heavy atom. The van der Waals surface area contributed by atoms with Crippen molar-refractivity contribution in [3.05, 3.63) is 9.29 Å². The molecule has 0 unspecified atom stereocenters. The number of aliphatic hydroxyl groups is 1. The quantitative estimate of drug-likeness (QED) is 0.300. The topological polar surface area (TPSA) is 20.2 Å². The van der Waals surface area contributed by atoms with Crippen molar-refractivity contribution in [2.24, 2.45) is 0 Å². The Kier molecular flexibility index (Phi) is 13.4. The van der Waals surface area contributed by atoms with Crippen LogP contribution >= 0.6 is 0 Å². The zero-order chi connectivity index (χ0) is 17.8. The molecule has 0 aliphatic carbocycles. The van der Waals surface area contributed by atoms with Crippen molar-refractivity contribution < 1.29 is 5.11 Å². The van der Waals surface area contributed by atoms with Gasteiger partial charge in [-0.05, 0) is 0 Å². The molecule has 0 aromatic rings. The van der Waals surface area contributed by atoms with Crippen molar-refractivity contribution in [1.29, 1.82) is 0 Å². The molecular weight excluding hydrogens is 403 g/mol. The predicted octanol–water partition coefficient (Wildman–Crippen LogP) is 6.56. The number of hydrogen-bond acceptors (Lipinski definition) is 1. The molecule has 1 N–H and O–H groups in total. The molecule has 0 aliphatic rings. The van der Waals surface area contributed by atoms with Gasteiger partial charge in [-0.2, -0.15) is 0 Å². The molecule has 0 saturated carbocycles. The van der Waals surface area contributed by atoms with Crippen LogP contribution in [0.25, 0.3) is 0 Å². The molecule has 0 atom stereocenters. The first-order chi connectivity index (χ1) is 10.8. The van der Waals surface area contributed by atoms with Crippen molar-refractivity contribution >= 4 is 29.2 Å². The summed E-state index contributed by atoms with van der Waals surface area (Å²) in [7, 11) is -1.23. The van der Waals surface area contributed by atoms with E-state index in [4.69, 9.17) is 0 Å². The van der Waals surface area contributed by atoms with Gasteiger partial charge in [0.05, 0.1) is 0 Å². The Bertz CT molecular complexity index is 298. The van der Waals surface area contributed by atoms with E-state index in [0.717, 1.165) is 6.42 Å². The van der Waals surface area contributed by atoms with E-state index in [9.17, 15) is 5.11 Å². The fourth-order valence-electron chi connectivity index (χ4n) is 3.15. The SMILES string of the molecule is CCCC[C](CCCC)(CCCC)[Sn]/[C](=C\CCO)[Si](C)(C)C. The molecule has 0 aromatic heterocycles. The molecule has 3 heteroatoms. The first-order valence-electron chi connectivity index (χ1n) is 9.95. The van der Waals surface area contributed by atoms with Gasteiger partial charge in [0.2, 0.25) is 0 Å². The average Bonchev–Trinajstić information content (AvgIpc) is 2.51. The molecule has 1 nitrogen and oxygen atoms in total. The van der Waals surface area contributed by atoms with Crippen molar-refractivity contribution in [3.63, 3.8) is 0 Å². The Morgan fingerprint density at radius 2 is 1.35 bits per heavy atom. The van der Waals surface area contributed by atoms with Crippen LogP contribution in [0.4, 0.5) is 0 Å². The van der Waals surface area contributed by atoms with E-state index >= 15 is 0 Å². The van der Waals surface area contributed by atoms with Gasteiger partial charge in [0.25, 0.3) is 0 Å². The van der Waals surface area contributed by atoms with E-state index in [-0.39, 0.29) is 0 Å². The zero-order valence-corrected chi connectivity index (χ0v) is 20.7. The molecular formula is C20H42OSiSn. The summed E-state index contributed by atoms with van der Waals surface area (Å²) in [5.41, 5.74) is 0. The maximum absolute atomic E-state index is 9.29. The van der Waals surface area contributed by atoms with Gasteiger partial charge < -0.3 is 0 Å². The Labute approximate surface area is 158 Å². The molecule has 0 aliphatic heterocycles. The second-order valence-corrected chi connectivity index (χ2v) is 19.8. The zero-order valence-electron chi connectivity index (χ0n) is 16.8. The van der Waals surface area contributed by atoms with Crippen molar-refractivity contribution in [3.8, 4) is 0 Å². The van der Waals surface area contributed by atoms with Crippen LogP contribution in [0.3, 0.4) is 0 Å². The number of aliphatic hydroxyl groups excluding tert-OH is 1. The summed E-state index contributed by atoms with van der Waals surface area (Å²) in [5.74, 6) is 0. The summed E-state index contributed by atoms with van der Waals surface area (Å²) in [4.78, 5) is 0. The van der Waals surface area contributed by atoms with E-state index in [1.165, 1.54) is 57.8 Å². The summed E-state index contributed by atoms with van der Waals surface area (Å²) in [6.45, 7) is 14.9. The number of rotatable bonds is 14. The third kappa shape index (κ3) is 10.3. The van der Waals surface area contributed by atoms with Gasteiger partial charge in [0.15, 0.2) is 0 Å². The summed E-state index contributed by atoms with van der Waals surface area (Å²) in [6, 6.07) is 0. The van der Waals surface area contributed by atoms with Crippen molar-refractivity contribution in [2.75, 3.05) is 6.61 Å². The molecule has 136 valence electrons. The summed E-state index contributed by atoms with van der Waals surface area (Å²) < 4.78 is 2.56. The van der Waals surface area contributed by atoms with Gasteiger partial charge in [0, 0.05) is 0 Å². The van der Waals surface area contributed by atoms with Gasteiger partial charge in [-0.1, -0.05) is 0 Å². The Morgan fingerprint density at radius 3 is 1.65 bits per heavy atom. The molecule has 2 radical (unpaired) electrons. The van der Waals surface area contributed by atoms with Gasteiger partial charge in [-0.15, -0.1) is 0 Å². The fraction of sp³-hybridized carbons (Fsp3) is 0.900. The second kappa shape index (κ2) is 13.0. The van der Waals surface area contributed by atoms with Crippen LogP contribution in [0.15, 0.2) is 9.29 Å². The standard InChI is InChI=1S/C13H27.C7H15OSi.Sn/c1-4-7-10-13(11-8-5-2)12-9-6-3;1-9(2,3)7-5-4-6-8;/h4-12H2,1-3H3;5,8H,4,6H2,1-3H3;. The van der Waals surface area contributed by atoms with Crippen LogP contribution in [-0.2, 0) is 0 Å². The van der Waals surface area contributed by atoms with Crippen LogP contribution in [0, 0.1) is 0 Å². The van der Waals surface area contributed by atoms with Gasteiger partial charge in [-0.3, -0.25) is 0 Å². The molecule has 0 saturated heterocycles. The normalized spacial score (nSPS) is 13.6. The molecule has 0 spiro atoms. The summed E-state index contributed by atoms with van der Waals surface area (Å²) >= 11 is -0.585. The maximum atomic E-state index is 9.29. The van der Waals surface area contributed by atoms with Crippen LogP contribution in [0.2, 0.25) is 23.1 Å². The molecule has 0 bridgehead atoms. The minimum atomic E-state index is -1.23. The molecule has 23 heavy (non-hydrogen) atoms. The van der Waals surface area contributed by atoms with E-state index in [1.807, 2.05) is 3.21 Å². The van der Waals surface area contributed by atoms with Crippen LogP contribution < -0.4 is 0 Å². The first-order valence-corrected chi connectivity index (χ1v) is 16.3. The third-order valence-electron chi connectivity index (χ3n) is 4.71. The van der Waals surface area contributed by atoms with Crippen LogP contribution in [0.5, 0.6) is 0 Å². The molecule has 0 amide bonds. The average molecular weight is 445 g/mol. The summed E-state index contributed by atoms with van der Waals surface area (Å²) in [5, 5.41) is 9.29. The van der Waals surface area contributed by atoms with E-state index in [0.29, 0.717) is 10.0 Å². The van der Waals surface area contributed by atoms with Crippen molar-refractivity contribution in [2.45, 2.75) is 108 Å². The van der Waals surface area contributed by atoms with Crippen LogP contribution in [-0.4, -0.2) is 40.9 Å². The first kappa shape index (κ1) is 23.7. The molecule has 0 fully saturated rings. The third-order valence-corrected chi connectivity index (χ3v) is 18.8. The van der Waals surface area contributed by atoms with Gasteiger partial charge >= 0.3 is 158 Å². The van der Waals surface area contributed by atoms with Crippen molar-refractivity contribution in [1.82, 2.24) is 0 Å².